The molecular formula is C21H21ClN4O3. The normalized spacial score (nSPS) is 19.3. The van der Waals surface area contributed by atoms with Gasteiger partial charge in [-0.2, -0.15) is 0 Å². The molecule has 1 N–H and O–H groups in total. The van der Waals surface area contributed by atoms with Gasteiger partial charge in [-0.15, -0.1) is 10.4 Å². The molecule has 0 bridgehead atoms. The van der Waals surface area contributed by atoms with Crippen molar-refractivity contribution in [3.8, 4) is 0 Å². The Morgan fingerprint density at radius 2 is 1.86 bits per heavy atom. The topological polar surface area (TPSA) is 74.2 Å². The summed E-state index contributed by atoms with van der Waals surface area (Å²) in [6.07, 6.45) is 0. The van der Waals surface area contributed by atoms with E-state index in [-0.39, 0.29) is 11.9 Å². The minimum atomic E-state index is -0.278. The fourth-order valence-corrected chi connectivity index (χ4v) is 4.04. The van der Waals surface area contributed by atoms with Crippen LogP contribution in [0.4, 0.5) is 11.4 Å². The number of rotatable bonds is 4. The Morgan fingerprint density at radius 3 is 2.52 bits per heavy atom. The van der Waals surface area contributed by atoms with Crippen LogP contribution >= 0.6 is 11.6 Å². The number of halogens is 1. The molecule has 0 aliphatic carbocycles. The molecule has 8 heteroatoms. The number of hydrogen-bond acceptors (Lipinski definition) is 6. The summed E-state index contributed by atoms with van der Waals surface area (Å²) in [5.41, 5.74) is 5.74. The monoisotopic (exact) mass is 412 g/mol. The number of nitrogens with zero attached hydrogens (tertiary/aromatic N) is 3. The summed E-state index contributed by atoms with van der Waals surface area (Å²) < 4.78 is 0. The van der Waals surface area contributed by atoms with Gasteiger partial charge < -0.3 is 14.6 Å². The van der Waals surface area contributed by atoms with Crippen LogP contribution in [-0.4, -0.2) is 37.0 Å². The van der Waals surface area contributed by atoms with Gasteiger partial charge in [0.1, 0.15) is 17.5 Å². The fourth-order valence-electron chi connectivity index (χ4n) is 3.75. The van der Waals surface area contributed by atoms with Crippen molar-refractivity contribution in [1.29, 1.82) is 0 Å². The highest BCUT2D eigenvalue weighted by Crippen LogP contribution is 2.33. The molecule has 29 heavy (non-hydrogen) atoms. The van der Waals surface area contributed by atoms with Crippen molar-refractivity contribution in [3.63, 3.8) is 0 Å². The van der Waals surface area contributed by atoms with Crippen LogP contribution in [0.1, 0.15) is 18.5 Å². The summed E-state index contributed by atoms with van der Waals surface area (Å²) in [5, 5.41) is 3.39. The van der Waals surface area contributed by atoms with E-state index in [1.54, 1.807) is 18.2 Å². The average Bonchev–Trinajstić information content (AvgIpc) is 3.15. The average molecular weight is 413 g/mol. The van der Waals surface area contributed by atoms with Crippen molar-refractivity contribution in [1.82, 2.24) is 10.4 Å². The number of piperazine rings is 1. The van der Waals surface area contributed by atoms with E-state index in [2.05, 4.69) is 15.6 Å². The smallest absolute Gasteiger partial charge is 0.255 e. The van der Waals surface area contributed by atoms with Crippen molar-refractivity contribution in [2.24, 2.45) is 5.18 Å². The lowest BCUT2D eigenvalue weighted by Gasteiger charge is -2.37. The van der Waals surface area contributed by atoms with Gasteiger partial charge in [0.15, 0.2) is 0 Å². The SMILES string of the molecule is CC1=C(C(=O)N2CCN(c3ccc(N=O)cc3Cl)CC2)C(c2ccccc2)NO1. The van der Waals surface area contributed by atoms with E-state index in [4.69, 9.17) is 16.4 Å². The Bertz CT molecular complexity index is 956. The van der Waals surface area contributed by atoms with Crippen LogP contribution in [0.5, 0.6) is 0 Å². The van der Waals surface area contributed by atoms with Gasteiger partial charge in [0.2, 0.25) is 0 Å². The number of carbonyl (C=O) groups excluding carboxylic acids is 1. The summed E-state index contributed by atoms with van der Waals surface area (Å²) in [7, 11) is 0. The zero-order chi connectivity index (χ0) is 20.4. The molecule has 0 spiro atoms. The predicted molar refractivity (Wildman–Crippen MR) is 112 cm³/mol. The first kappa shape index (κ1) is 19.4. The van der Waals surface area contributed by atoms with E-state index in [9.17, 15) is 9.70 Å². The van der Waals surface area contributed by atoms with Crippen molar-refractivity contribution in [3.05, 3.63) is 75.4 Å². The molecule has 1 saturated heterocycles. The minimum absolute atomic E-state index is 0.0207. The zero-order valence-electron chi connectivity index (χ0n) is 16.0. The first-order valence-corrected chi connectivity index (χ1v) is 9.81. The van der Waals surface area contributed by atoms with E-state index in [0.29, 0.717) is 48.2 Å². The third-order valence-corrected chi connectivity index (χ3v) is 5.61. The number of nitroso groups, excluding NO2 is 1. The number of hydroxylamine groups is 1. The van der Waals surface area contributed by atoms with Gasteiger partial charge in [0.05, 0.1) is 16.3 Å². The van der Waals surface area contributed by atoms with Crippen LogP contribution < -0.4 is 10.4 Å². The molecule has 2 aromatic rings. The molecule has 2 aliphatic rings. The molecule has 1 amide bonds. The number of carbonyl (C=O) groups is 1. The molecule has 0 radical (unpaired) electrons. The number of hydrogen-bond donors (Lipinski definition) is 1. The molecule has 1 atom stereocenters. The Kier molecular flexibility index (Phi) is 5.51. The zero-order valence-corrected chi connectivity index (χ0v) is 16.7. The van der Waals surface area contributed by atoms with E-state index >= 15 is 0 Å². The molecule has 1 fully saturated rings. The Morgan fingerprint density at radius 1 is 1.14 bits per heavy atom. The maximum absolute atomic E-state index is 13.2. The Balaban J connectivity index is 1.46. The van der Waals surface area contributed by atoms with E-state index in [0.717, 1.165) is 11.3 Å². The van der Waals surface area contributed by atoms with E-state index < -0.39 is 0 Å². The third-order valence-electron chi connectivity index (χ3n) is 5.31. The first-order valence-electron chi connectivity index (χ1n) is 9.43. The largest absolute Gasteiger partial charge is 0.412 e. The van der Waals surface area contributed by atoms with Gasteiger partial charge in [0, 0.05) is 26.2 Å². The third kappa shape index (κ3) is 3.83. The number of amides is 1. The van der Waals surface area contributed by atoms with Crippen molar-refractivity contribution in [2.75, 3.05) is 31.1 Å². The maximum atomic E-state index is 13.2. The van der Waals surface area contributed by atoms with Crippen LogP contribution in [-0.2, 0) is 9.63 Å². The summed E-state index contributed by atoms with van der Waals surface area (Å²) >= 11 is 6.30. The van der Waals surface area contributed by atoms with Crippen LogP contribution in [0, 0.1) is 4.91 Å². The van der Waals surface area contributed by atoms with Crippen LogP contribution in [0.15, 0.2) is 65.0 Å². The molecule has 2 aromatic carbocycles. The molecule has 1 unspecified atom stereocenters. The lowest BCUT2D eigenvalue weighted by Crippen LogP contribution is -2.49. The minimum Gasteiger partial charge on any atom is -0.412 e. The summed E-state index contributed by atoms with van der Waals surface area (Å²) in [6.45, 7) is 4.25. The van der Waals surface area contributed by atoms with Gasteiger partial charge >= 0.3 is 0 Å². The van der Waals surface area contributed by atoms with Gasteiger partial charge in [-0.05, 0) is 35.9 Å². The second kappa shape index (κ2) is 8.23. The highest BCUT2D eigenvalue weighted by atomic mass is 35.5. The van der Waals surface area contributed by atoms with Crippen LogP contribution in [0.3, 0.4) is 0 Å². The van der Waals surface area contributed by atoms with Crippen molar-refractivity contribution >= 4 is 28.9 Å². The highest BCUT2D eigenvalue weighted by molar-refractivity contribution is 6.33. The summed E-state index contributed by atoms with van der Waals surface area (Å²) in [4.78, 5) is 33.4. The highest BCUT2D eigenvalue weighted by Gasteiger charge is 2.35. The number of anilines is 1. The Hall–Kier alpha value is -2.90. The van der Waals surface area contributed by atoms with Gasteiger partial charge in [-0.1, -0.05) is 41.9 Å². The quantitative estimate of drug-likeness (QED) is 0.770. The molecule has 0 saturated carbocycles. The molecular weight excluding hydrogens is 392 g/mol. The summed E-state index contributed by atoms with van der Waals surface area (Å²) in [6, 6.07) is 14.5. The lowest BCUT2D eigenvalue weighted by molar-refractivity contribution is -0.127. The Labute approximate surface area is 173 Å². The van der Waals surface area contributed by atoms with Crippen molar-refractivity contribution < 1.29 is 9.63 Å². The standard InChI is InChI=1S/C21H21ClN4O3/c1-14-19(20(24-29-14)15-5-3-2-4-6-15)21(27)26-11-9-25(10-12-26)18-8-7-16(23-28)13-17(18)22/h2-8,13,20,24H,9-12H2,1H3. The molecule has 4 rings (SSSR count). The van der Waals surface area contributed by atoms with Crippen LogP contribution in [0.25, 0.3) is 0 Å². The van der Waals surface area contributed by atoms with Gasteiger partial charge in [-0.3, -0.25) is 4.79 Å². The molecule has 2 aliphatic heterocycles. The van der Waals surface area contributed by atoms with Crippen molar-refractivity contribution in [2.45, 2.75) is 13.0 Å². The maximum Gasteiger partial charge on any atom is 0.255 e. The van der Waals surface area contributed by atoms with Crippen LogP contribution in [0.2, 0.25) is 5.02 Å². The molecule has 7 nitrogen and oxygen atoms in total. The number of benzene rings is 2. The van der Waals surface area contributed by atoms with E-state index in [1.165, 1.54) is 0 Å². The number of allylic oxidation sites excluding steroid dienone is 1. The van der Waals surface area contributed by atoms with Gasteiger partial charge in [0.25, 0.3) is 5.91 Å². The second-order valence-corrected chi connectivity index (χ2v) is 7.45. The summed E-state index contributed by atoms with van der Waals surface area (Å²) in [5.74, 6) is 0.582. The molecule has 2 heterocycles. The molecule has 150 valence electrons. The van der Waals surface area contributed by atoms with E-state index in [1.807, 2.05) is 42.2 Å². The van der Waals surface area contributed by atoms with Gasteiger partial charge in [-0.25, -0.2) is 0 Å². The number of nitrogens with one attached hydrogen (secondary N) is 1. The second-order valence-electron chi connectivity index (χ2n) is 7.04. The first-order chi connectivity index (χ1) is 14.1. The fraction of sp³-hybridized carbons (Fsp3) is 0.286. The lowest BCUT2D eigenvalue weighted by atomic mass is 9.98. The molecule has 0 aromatic heterocycles. The predicted octanol–water partition coefficient (Wildman–Crippen LogP) is 3.94.